The number of nitrogen functional groups attached to an aromatic ring is 1. The number of anilines is 1. The number of nitrogens with two attached hydrogens (primary N) is 1. The van der Waals surface area contributed by atoms with Crippen LogP contribution in [0.1, 0.15) is 12.8 Å². The molecule has 0 heterocycles. The predicted octanol–water partition coefficient (Wildman–Crippen LogP) is 1.62. The Labute approximate surface area is 132 Å². The van der Waals surface area contributed by atoms with E-state index >= 15 is 0 Å². The molecule has 1 aromatic rings. The zero-order valence-corrected chi connectivity index (χ0v) is 14.3. The van der Waals surface area contributed by atoms with Crippen molar-refractivity contribution in [2.24, 2.45) is 0 Å². The van der Waals surface area contributed by atoms with E-state index in [0.29, 0.717) is 18.0 Å². The van der Waals surface area contributed by atoms with Gasteiger partial charge in [0.1, 0.15) is 0 Å². The maximum Gasteiger partial charge on any atom is 0.212 e. The number of rotatable bonds is 10. The van der Waals surface area contributed by atoms with Crippen molar-refractivity contribution >= 4 is 27.5 Å². The Morgan fingerprint density at radius 1 is 1.19 bits per heavy atom. The van der Waals surface area contributed by atoms with E-state index in [2.05, 4.69) is 9.62 Å². The highest BCUT2D eigenvalue weighted by atomic mass is 32.2. The minimum Gasteiger partial charge on any atom is -0.399 e. The fourth-order valence-electron chi connectivity index (χ4n) is 1.69. The molecule has 0 bridgehead atoms. The standard InChI is InChI=1S/C14H25N3O2S2/c1-17(2)10-4-3-9-16-21(18,19)12-11-20-14-7-5-13(15)6-8-14/h5-8,16H,3-4,9-12,15H2,1-2H3. The summed E-state index contributed by atoms with van der Waals surface area (Å²) in [5, 5.41) is 0. The lowest BCUT2D eigenvalue weighted by Crippen LogP contribution is -2.28. The molecule has 1 aromatic carbocycles. The van der Waals surface area contributed by atoms with Gasteiger partial charge >= 0.3 is 0 Å². The SMILES string of the molecule is CN(C)CCCCNS(=O)(=O)CCSc1ccc(N)cc1. The summed E-state index contributed by atoms with van der Waals surface area (Å²) in [6.07, 6.45) is 1.86. The summed E-state index contributed by atoms with van der Waals surface area (Å²) in [5.41, 5.74) is 6.32. The molecule has 0 aliphatic heterocycles. The number of thioether (sulfide) groups is 1. The maximum absolute atomic E-state index is 11.8. The van der Waals surface area contributed by atoms with Crippen LogP contribution in [0.25, 0.3) is 0 Å². The lowest BCUT2D eigenvalue weighted by molar-refractivity contribution is 0.394. The number of unbranched alkanes of at least 4 members (excludes halogenated alkanes) is 1. The molecule has 7 heteroatoms. The number of hydrogen-bond donors (Lipinski definition) is 2. The molecule has 0 fully saturated rings. The summed E-state index contributed by atoms with van der Waals surface area (Å²) in [5.74, 6) is 0.673. The van der Waals surface area contributed by atoms with Gasteiger partial charge in [-0.15, -0.1) is 11.8 Å². The summed E-state index contributed by atoms with van der Waals surface area (Å²) in [6, 6.07) is 7.45. The minimum atomic E-state index is -3.17. The quantitative estimate of drug-likeness (QED) is 0.387. The molecule has 3 N–H and O–H groups in total. The summed E-state index contributed by atoms with van der Waals surface area (Å²) >= 11 is 1.52. The van der Waals surface area contributed by atoms with E-state index in [-0.39, 0.29) is 5.75 Å². The monoisotopic (exact) mass is 331 g/mol. The maximum atomic E-state index is 11.8. The Hall–Kier alpha value is -0.760. The van der Waals surface area contributed by atoms with Gasteiger partial charge in [0.15, 0.2) is 0 Å². The van der Waals surface area contributed by atoms with Gasteiger partial charge in [0.25, 0.3) is 0 Å². The fourth-order valence-corrected chi connectivity index (χ4v) is 4.06. The largest absolute Gasteiger partial charge is 0.399 e. The first-order chi connectivity index (χ1) is 9.89. The predicted molar refractivity (Wildman–Crippen MR) is 91.2 cm³/mol. The first-order valence-corrected chi connectivity index (χ1v) is 9.63. The first-order valence-electron chi connectivity index (χ1n) is 6.99. The second-order valence-corrected chi connectivity index (χ2v) is 8.24. The normalized spacial score (nSPS) is 12.0. The molecular weight excluding hydrogens is 306 g/mol. The third-order valence-corrected chi connectivity index (χ3v) is 5.51. The van der Waals surface area contributed by atoms with Crippen LogP contribution in [0.3, 0.4) is 0 Å². The molecule has 0 radical (unpaired) electrons. The summed E-state index contributed by atoms with van der Waals surface area (Å²) < 4.78 is 26.3. The van der Waals surface area contributed by atoms with Gasteiger partial charge in [-0.2, -0.15) is 0 Å². The van der Waals surface area contributed by atoms with Crippen LogP contribution in [0.2, 0.25) is 0 Å². The third-order valence-electron chi connectivity index (χ3n) is 2.85. The highest BCUT2D eigenvalue weighted by Gasteiger charge is 2.09. The summed E-state index contributed by atoms with van der Waals surface area (Å²) in [6.45, 7) is 1.50. The zero-order valence-electron chi connectivity index (χ0n) is 12.7. The van der Waals surface area contributed by atoms with Crippen molar-refractivity contribution in [3.63, 3.8) is 0 Å². The molecule has 0 saturated heterocycles. The van der Waals surface area contributed by atoms with Gasteiger partial charge in [0.05, 0.1) is 5.75 Å². The lowest BCUT2D eigenvalue weighted by Gasteiger charge is -2.10. The molecule has 1 rings (SSSR count). The zero-order chi connectivity index (χ0) is 15.7. The van der Waals surface area contributed by atoms with Crippen LogP contribution in [-0.2, 0) is 10.0 Å². The molecule has 21 heavy (non-hydrogen) atoms. The van der Waals surface area contributed by atoms with Gasteiger partial charge in [-0.05, 0) is 57.7 Å². The number of hydrogen-bond acceptors (Lipinski definition) is 5. The Morgan fingerprint density at radius 3 is 2.48 bits per heavy atom. The molecule has 0 aromatic heterocycles. The van der Waals surface area contributed by atoms with Gasteiger partial charge in [-0.1, -0.05) is 0 Å². The topological polar surface area (TPSA) is 75.4 Å². The summed E-state index contributed by atoms with van der Waals surface area (Å²) in [7, 11) is 0.855. The van der Waals surface area contributed by atoms with Gasteiger partial charge in [-0.25, -0.2) is 13.1 Å². The number of benzene rings is 1. The van der Waals surface area contributed by atoms with E-state index in [1.807, 2.05) is 38.4 Å². The molecule has 0 aliphatic rings. The van der Waals surface area contributed by atoms with Crippen molar-refractivity contribution in [3.05, 3.63) is 24.3 Å². The van der Waals surface area contributed by atoms with Crippen molar-refractivity contribution in [2.75, 3.05) is 44.4 Å². The van der Waals surface area contributed by atoms with E-state index in [0.717, 1.165) is 24.3 Å². The lowest BCUT2D eigenvalue weighted by atomic mass is 10.3. The third kappa shape index (κ3) is 8.98. The highest BCUT2D eigenvalue weighted by molar-refractivity contribution is 8.00. The van der Waals surface area contributed by atoms with Gasteiger partial charge in [0, 0.05) is 22.9 Å². The van der Waals surface area contributed by atoms with Gasteiger partial charge in [0.2, 0.25) is 10.0 Å². The second-order valence-electron chi connectivity index (χ2n) is 5.14. The first kappa shape index (κ1) is 18.3. The molecule has 5 nitrogen and oxygen atoms in total. The molecular formula is C14H25N3O2S2. The molecule has 0 spiro atoms. The molecule has 0 aliphatic carbocycles. The van der Waals surface area contributed by atoms with E-state index < -0.39 is 10.0 Å². The molecule has 0 saturated carbocycles. The molecule has 120 valence electrons. The van der Waals surface area contributed by atoms with E-state index in [1.165, 1.54) is 11.8 Å². The van der Waals surface area contributed by atoms with Crippen molar-refractivity contribution in [1.82, 2.24) is 9.62 Å². The molecule has 0 amide bonds. The Morgan fingerprint density at radius 2 is 1.86 bits per heavy atom. The fraction of sp³-hybridized carbons (Fsp3) is 0.571. The van der Waals surface area contributed by atoms with Gasteiger partial charge < -0.3 is 10.6 Å². The Bertz CT molecular complexity index is 501. The average molecular weight is 332 g/mol. The van der Waals surface area contributed by atoms with Crippen molar-refractivity contribution in [3.8, 4) is 0 Å². The van der Waals surface area contributed by atoms with Crippen molar-refractivity contribution in [2.45, 2.75) is 17.7 Å². The average Bonchev–Trinajstić information content (AvgIpc) is 2.40. The summed E-state index contributed by atoms with van der Waals surface area (Å²) in [4.78, 5) is 3.13. The molecule has 0 atom stereocenters. The van der Waals surface area contributed by atoms with Crippen LogP contribution in [-0.4, -0.2) is 52.0 Å². The van der Waals surface area contributed by atoms with Crippen LogP contribution in [0.5, 0.6) is 0 Å². The Kier molecular flexibility index (Phi) is 8.10. The minimum absolute atomic E-state index is 0.135. The smallest absolute Gasteiger partial charge is 0.212 e. The molecule has 0 unspecified atom stereocenters. The number of sulfonamides is 1. The van der Waals surface area contributed by atoms with Crippen LogP contribution < -0.4 is 10.5 Å². The van der Waals surface area contributed by atoms with Gasteiger partial charge in [-0.3, -0.25) is 0 Å². The van der Waals surface area contributed by atoms with E-state index in [1.54, 1.807) is 0 Å². The number of nitrogens with zero attached hydrogens (tertiary/aromatic N) is 1. The van der Waals surface area contributed by atoms with E-state index in [9.17, 15) is 8.42 Å². The van der Waals surface area contributed by atoms with Crippen molar-refractivity contribution in [1.29, 1.82) is 0 Å². The van der Waals surface area contributed by atoms with Crippen LogP contribution in [0.4, 0.5) is 5.69 Å². The van der Waals surface area contributed by atoms with E-state index in [4.69, 9.17) is 5.73 Å². The highest BCUT2D eigenvalue weighted by Crippen LogP contribution is 2.19. The van der Waals surface area contributed by atoms with Crippen molar-refractivity contribution < 1.29 is 8.42 Å². The van der Waals surface area contributed by atoms with Crippen LogP contribution in [0.15, 0.2) is 29.2 Å². The Balaban J connectivity index is 2.19. The number of nitrogens with one attached hydrogen (secondary N) is 1. The van der Waals surface area contributed by atoms with Crippen LogP contribution >= 0.6 is 11.8 Å². The van der Waals surface area contributed by atoms with Crippen LogP contribution in [0, 0.1) is 0 Å². The second kappa shape index (κ2) is 9.30.